The Morgan fingerprint density at radius 1 is 1.21 bits per heavy atom. The van der Waals surface area contributed by atoms with Crippen molar-refractivity contribution < 1.29 is 14.3 Å². The minimum atomic E-state index is -0.140. The molecule has 7 nitrogen and oxygen atoms in total. The Bertz CT molecular complexity index is 1030. The monoisotopic (exact) mass is 430 g/mol. The Hall–Kier alpha value is -2.78. The van der Waals surface area contributed by atoms with E-state index in [-0.39, 0.29) is 11.7 Å². The van der Waals surface area contributed by atoms with Gasteiger partial charge in [0, 0.05) is 13.1 Å². The molecule has 0 fully saturated rings. The minimum Gasteiger partial charge on any atom is -0.497 e. The highest BCUT2D eigenvalue weighted by molar-refractivity contribution is 8.01. The first-order chi connectivity index (χ1) is 14.1. The van der Waals surface area contributed by atoms with Crippen molar-refractivity contribution in [3.8, 4) is 11.5 Å². The SMILES string of the molecule is COc1ccc(NC(=O)CSc2nn(C)c(=NCc3ccccc3)s2)c(OC)c1. The fourth-order valence-electron chi connectivity index (χ4n) is 2.48. The number of aryl methyl sites for hydroxylation is 1. The summed E-state index contributed by atoms with van der Waals surface area (Å²) < 4.78 is 13.0. The van der Waals surface area contributed by atoms with Crippen molar-refractivity contribution in [1.29, 1.82) is 0 Å². The van der Waals surface area contributed by atoms with Crippen LogP contribution in [0.25, 0.3) is 0 Å². The highest BCUT2D eigenvalue weighted by Gasteiger charge is 2.11. The average Bonchev–Trinajstić information content (AvgIpc) is 3.11. The zero-order valence-electron chi connectivity index (χ0n) is 16.4. The van der Waals surface area contributed by atoms with Gasteiger partial charge < -0.3 is 14.8 Å². The van der Waals surface area contributed by atoms with E-state index in [1.165, 1.54) is 23.1 Å². The highest BCUT2D eigenvalue weighted by atomic mass is 32.2. The van der Waals surface area contributed by atoms with Gasteiger partial charge in [-0.25, -0.2) is 4.68 Å². The third kappa shape index (κ3) is 5.85. The summed E-state index contributed by atoms with van der Waals surface area (Å²) in [5.74, 6) is 1.31. The topological polar surface area (TPSA) is 77.7 Å². The Morgan fingerprint density at radius 2 is 2.00 bits per heavy atom. The third-order valence-corrected chi connectivity index (χ3v) is 6.11. The van der Waals surface area contributed by atoms with Gasteiger partial charge in [-0.1, -0.05) is 53.4 Å². The summed E-state index contributed by atoms with van der Waals surface area (Å²) in [5.41, 5.74) is 1.74. The lowest BCUT2D eigenvalue weighted by atomic mass is 10.2. The molecule has 0 radical (unpaired) electrons. The summed E-state index contributed by atoms with van der Waals surface area (Å²) in [6.07, 6.45) is 0. The maximum atomic E-state index is 12.3. The molecule has 3 aromatic rings. The predicted molar refractivity (Wildman–Crippen MR) is 116 cm³/mol. The maximum absolute atomic E-state index is 12.3. The Balaban J connectivity index is 1.59. The number of rotatable bonds is 8. The molecule has 1 aromatic heterocycles. The van der Waals surface area contributed by atoms with Gasteiger partial charge in [0.05, 0.1) is 32.2 Å². The first kappa shape index (κ1) is 20.9. The first-order valence-electron chi connectivity index (χ1n) is 8.82. The van der Waals surface area contributed by atoms with E-state index in [1.807, 2.05) is 37.4 Å². The molecule has 0 saturated carbocycles. The highest BCUT2D eigenvalue weighted by Crippen LogP contribution is 2.29. The van der Waals surface area contributed by atoms with Crippen LogP contribution in [0, 0.1) is 0 Å². The molecule has 152 valence electrons. The Labute approximate surface area is 177 Å². The molecule has 2 aromatic carbocycles. The van der Waals surface area contributed by atoms with Crippen LogP contribution in [0.3, 0.4) is 0 Å². The molecule has 0 bridgehead atoms. The van der Waals surface area contributed by atoms with Crippen LogP contribution in [0.2, 0.25) is 0 Å². The minimum absolute atomic E-state index is 0.140. The number of hydrogen-bond acceptors (Lipinski definition) is 7. The van der Waals surface area contributed by atoms with Crippen molar-refractivity contribution in [1.82, 2.24) is 9.78 Å². The van der Waals surface area contributed by atoms with Crippen LogP contribution in [-0.4, -0.2) is 35.7 Å². The second-order valence-electron chi connectivity index (χ2n) is 5.98. The lowest BCUT2D eigenvalue weighted by molar-refractivity contribution is -0.113. The molecule has 1 N–H and O–H groups in total. The maximum Gasteiger partial charge on any atom is 0.234 e. The van der Waals surface area contributed by atoms with Crippen LogP contribution in [0.1, 0.15) is 5.56 Å². The predicted octanol–water partition coefficient (Wildman–Crippen LogP) is 3.33. The number of thioether (sulfide) groups is 1. The molecule has 0 spiro atoms. The molecule has 0 aliphatic carbocycles. The molecule has 1 heterocycles. The van der Waals surface area contributed by atoms with Crippen LogP contribution < -0.4 is 19.6 Å². The molecule has 0 unspecified atom stereocenters. The molecule has 0 aliphatic rings. The lowest BCUT2D eigenvalue weighted by Crippen LogP contribution is -2.14. The van der Waals surface area contributed by atoms with Crippen molar-refractivity contribution >= 4 is 34.7 Å². The number of ether oxygens (including phenoxy) is 2. The number of carbonyl (C=O) groups is 1. The van der Waals surface area contributed by atoms with E-state index >= 15 is 0 Å². The van der Waals surface area contributed by atoms with Crippen LogP contribution >= 0.6 is 23.1 Å². The van der Waals surface area contributed by atoms with Gasteiger partial charge in [0.1, 0.15) is 11.5 Å². The van der Waals surface area contributed by atoms with Gasteiger partial charge in [-0.3, -0.25) is 9.79 Å². The summed E-state index contributed by atoms with van der Waals surface area (Å²) in [5, 5.41) is 7.30. The lowest BCUT2D eigenvalue weighted by Gasteiger charge is -2.11. The van der Waals surface area contributed by atoms with E-state index in [9.17, 15) is 4.79 Å². The van der Waals surface area contributed by atoms with Gasteiger partial charge in [0.25, 0.3) is 0 Å². The number of aromatic nitrogens is 2. The van der Waals surface area contributed by atoms with Crippen molar-refractivity contribution in [2.24, 2.45) is 12.0 Å². The summed E-state index contributed by atoms with van der Waals surface area (Å²) in [4.78, 5) is 17.8. The number of anilines is 1. The Kier molecular flexibility index (Phi) is 7.31. The number of nitrogens with one attached hydrogen (secondary N) is 1. The van der Waals surface area contributed by atoms with Gasteiger partial charge in [-0.2, -0.15) is 5.10 Å². The zero-order valence-corrected chi connectivity index (χ0v) is 18.0. The van der Waals surface area contributed by atoms with E-state index in [0.717, 1.165) is 14.7 Å². The average molecular weight is 431 g/mol. The van der Waals surface area contributed by atoms with Crippen molar-refractivity contribution in [2.75, 3.05) is 25.3 Å². The first-order valence-corrected chi connectivity index (χ1v) is 10.6. The number of hydrogen-bond donors (Lipinski definition) is 1. The molecule has 29 heavy (non-hydrogen) atoms. The molecule has 3 rings (SSSR count). The van der Waals surface area contributed by atoms with Crippen molar-refractivity contribution in [2.45, 2.75) is 10.9 Å². The number of carbonyl (C=O) groups excluding carboxylic acids is 1. The van der Waals surface area contributed by atoms with E-state index in [1.54, 1.807) is 37.1 Å². The molecule has 0 saturated heterocycles. The summed E-state index contributed by atoms with van der Waals surface area (Å²) in [6.45, 7) is 0.596. The van der Waals surface area contributed by atoms with Gasteiger partial charge in [0.2, 0.25) is 10.7 Å². The van der Waals surface area contributed by atoms with Gasteiger partial charge in [-0.05, 0) is 17.7 Å². The molecular weight excluding hydrogens is 408 g/mol. The molecule has 0 atom stereocenters. The quantitative estimate of drug-likeness (QED) is 0.555. The summed E-state index contributed by atoms with van der Waals surface area (Å²) in [7, 11) is 4.99. The van der Waals surface area contributed by atoms with E-state index in [2.05, 4.69) is 15.4 Å². The molecular formula is C20H22N4O3S2. The van der Waals surface area contributed by atoms with Crippen LogP contribution in [0.4, 0.5) is 5.69 Å². The standard InChI is InChI=1S/C20H22N4O3S2/c1-24-19(21-12-14-7-5-4-6-8-14)29-20(23-24)28-13-18(25)22-16-10-9-15(26-2)11-17(16)27-3/h4-11H,12-13H2,1-3H3,(H,22,25). The van der Waals surface area contributed by atoms with Crippen LogP contribution in [0.15, 0.2) is 57.9 Å². The number of nitrogens with zero attached hydrogens (tertiary/aromatic N) is 3. The second-order valence-corrected chi connectivity index (χ2v) is 8.16. The second kappa shape index (κ2) is 10.1. The molecule has 9 heteroatoms. The van der Waals surface area contributed by atoms with Gasteiger partial charge in [0.15, 0.2) is 4.34 Å². The summed E-state index contributed by atoms with van der Waals surface area (Å²) >= 11 is 2.84. The largest absolute Gasteiger partial charge is 0.497 e. The molecule has 0 aliphatic heterocycles. The van der Waals surface area contributed by atoms with Gasteiger partial charge in [-0.15, -0.1) is 0 Å². The zero-order chi connectivity index (χ0) is 20.6. The van der Waals surface area contributed by atoms with Crippen molar-refractivity contribution in [3.05, 3.63) is 58.9 Å². The van der Waals surface area contributed by atoms with Crippen LogP contribution in [-0.2, 0) is 18.4 Å². The van der Waals surface area contributed by atoms with E-state index in [4.69, 9.17) is 9.47 Å². The van der Waals surface area contributed by atoms with E-state index < -0.39 is 0 Å². The fourth-order valence-corrected chi connectivity index (χ4v) is 4.24. The third-order valence-electron chi connectivity index (χ3n) is 3.94. The smallest absolute Gasteiger partial charge is 0.234 e. The van der Waals surface area contributed by atoms with E-state index in [0.29, 0.717) is 23.7 Å². The van der Waals surface area contributed by atoms with Crippen LogP contribution in [0.5, 0.6) is 11.5 Å². The van der Waals surface area contributed by atoms with Crippen molar-refractivity contribution in [3.63, 3.8) is 0 Å². The van der Waals surface area contributed by atoms with Gasteiger partial charge >= 0.3 is 0 Å². The normalized spacial score (nSPS) is 11.3. The Morgan fingerprint density at radius 3 is 2.72 bits per heavy atom. The summed E-state index contributed by atoms with van der Waals surface area (Å²) in [6, 6.07) is 15.3. The number of methoxy groups -OCH3 is 2. The number of benzene rings is 2. The number of amides is 1. The fraction of sp³-hybridized carbons (Fsp3) is 0.250. The molecule has 1 amide bonds.